The molecule has 1 rings (SSSR count). The normalized spacial score (nSPS) is 14.9. The van der Waals surface area contributed by atoms with Gasteiger partial charge in [0.25, 0.3) is 0 Å². The van der Waals surface area contributed by atoms with E-state index in [-0.39, 0.29) is 5.75 Å². The lowest BCUT2D eigenvalue weighted by atomic mass is 10.0. The highest BCUT2D eigenvalue weighted by atomic mass is 32.1. The molecule has 2 atom stereocenters. The van der Waals surface area contributed by atoms with E-state index >= 15 is 0 Å². The Balaban J connectivity index is 2.70. The maximum absolute atomic E-state index is 9.70. The summed E-state index contributed by atoms with van der Waals surface area (Å²) in [7, 11) is 1.88. The van der Waals surface area contributed by atoms with Crippen LogP contribution in [0.2, 0.25) is 0 Å². The van der Waals surface area contributed by atoms with Crippen molar-refractivity contribution in [2.45, 2.75) is 18.8 Å². The fraction of sp³-hybridized carbons (Fsp3) is 0.455. The van der Waals surface area contributed by atoms with E-state index in [1.807, 2.05) is 31.3 Å². The van der Waals surface area contributed by atoms with Crippen LogP contribution in [0.15, 0.2) is 24.3 Å². The van der Waals surface area contributed by atoms with E-state index < -0.39 is 12.2 Å². The summed E-state index contributed by atoms with van der Waals surface area (Å²) < 4.78 is 0. The van der Waals surface area contributed by atoms with Crippen molar-refractivity contribution in [1.29, 1.82) is 0 Å². The Morgan fingerprint density at radius 3 is 2.33 bits per heavy atom. The largest absolute Gasteiger partial charge is 0.389 e. The molecule has 2 unspecified atom stereocenters. The summed E-state index contributed by atoms with van der Waals surface area (Å²) >= 11 is 3.94. The first-order valence-electron chi connectivity index (χ1n) is 4.89. The third-order valence-electron chi connectivity index (χ3n) is 2.25. The van der Waals surface area contributed by atoms with Gasteiger partial charge in [0, 0.05) is 12.3 Å². The highest BCUT2D eigenvalue weighted by Crippen LogP contribution is 2.18. The zero-order valence-corrected chi connectivity index (χ0v) is 9.61. The average Bonchev–Trinajstić information content (AvgIpc) is 2.28. The van der Waals surface area contributed by atoms with E-state index in [4.69, 9.17) is 0 Å². The minimum absolute atomic E-state index is 0.249. The Kier molecular flexibility index (Phi) is 5.11. The van der Waals surface area contributed by atoms with Crippen LogP contribution in [0.3, 0.4) is 0 Å². The lowest BCUT2D eigenvalue weighted by Crippen LogP contribution is -2.19. The number of hydrogen-bond donors (Lipinski definition) is 4. The molecule has 0 aliphatic rings. The van der Waals surface area contributed by atoms with Gasteiger partial charge in [-0.1, -0.05) is 24.3 Å². The standard InChI is InChI=1S/C11H17NO2S/c1-12-6-8-2-4-9(5-3-8)11(14)10(13)7-15/h2-5,10-15H,6-7H2,1H3. The lowest BCUT2D eigenvalue weighted by Gasteiger charge is -2.16. The smallest absolute Gasteiger partial charge is 0.106 e. The number of nitrogens with one attached hydrogen (secondary N) is 1. The van der Waals surface area contributed by atoms with Crippen molar-refractivity contribution >= 4 is 12.6 Å². The minimum Gasteiger partial charge on any atom is -0.389 e. The molecule has 4 heteroatoms. The van der Waals surface area contributed by atoms with Gasteiger partial charge in [0.15, 0.2) is 0 Å². The zero-order valence-electron chi connectivity index (χ0n) is 8.72. The van der Waals surface area contributed by atoms with Crippen LogP contribution in [0.4, 0.5) is 0 Å². The van der Waals surface area contributed by atoms with Crippen molar-refractivity contribution in [2.75, 3.05) is 12.8 Å². The molecule has 0 fully saturated rings. The third-order valence-corrected chi connectivity index (χ3v) is 2.63. The number of aliphatic hydroxyl groups excluding tert-OH is 2. The van der Waals surface area contributed by atoms with E-state index in [0.29, 0.717) is 0 Å². The van der Waals surface area contributed by atoms with Gasteiger partial charge in [-0.25, -0.2) is 0 Å². The number of hydrogen-bond acceptors (Lipinski definition) is 4. The van der Waals surface area contributed by atoms with Crippen molar-refractivity contribution < 1.29 is 10.2 Å². The Labute approximate surface area is 95.5 Å². The molecule has 0 radical (unpaired) electrons. The molecule has 0 bridgehead atoms. The first-order chi connectivity index (χ1) is 7.19. The molecule has 0 saturated heterocycles. The summed E-state index contributed by atoms with van der Waals surface area (Å²) in [6.45, 7) is 0.797. The summed E-state index contributed by atoms with van der Waals surface area (Å²) in [5.41, 5.74) is 1.87. The fourth-order valence-corrected chi connectivity index (χ4v) is 1.56. The van der Waals surface area contributed by atoms with Gasteiger partial charge < -0.3 is 15.5 Å². The molecule has 1 aromatic carbocycles. The maximum atomic E-state index is 9.70. The Morgan fingerprint density at radius 2 is 1.87 bits per heavy atom. The molecule has 3 nitrogen and oxygen atoms in total. The fourth-order valence-electron chi connectivity index (χ4n) is 1.36. The van der Waals surface area contributed by atoms with E-state index in [0.717, 1.165) is 17.7 Å². The molecule has 0 spiro atoms. The van der Waals surface area contributed by atoms with Crippen LogP contribution in [0, 0.1) is 0 Å². The minimum atomic E-state index is -0.855. The number of benzene rings is 1. The van der Waals surface area contributed by atoms with E-state index in [1.54, 1.807) is 0 Å². The van der Waals surface area contributed by atoms with Gasteiger partial charge in [0.2, 0.25) is 0 Å². The molecule has 0 heterocycles. The van der Waals surface area contributed by atoms with Gasteiger partial charge in [-0.05, 0) is 18.2 Å². The highest BCUT2D eigenvalue weighted by Gasteiger charge is 2.16. The zero-order chi connectivity index (χ0) is 11.3. The van der Waals surface area contributed by atoms with Crippen LogP contribution >= 0.6 is 12.6 Å². The van der Waals surface area contributed by atoms with Gasteiger partial charge >= 0.3 is 0 Å². The van der Waals surface area contributed by atoms with Crippen LogP contribution in [0.5, 0.6) is 0 Å². The lowest BCUT2D eigenvalue weighted by molar-refractivity contribution is 0.0337. The van der Waals surface area contributed by atoms with Gasteiger partial charge in [0.1, 0.15) is 6.10 Å². The Morgan fingerprint density at radius 1 is 1.27 bits per heavy atom. The van der Waals surface area contributed by atoms with Crippen molar-refractivity contribution in [2.24, 2.45) is 0 Å². The van der Waals surface area contributed by atoms with Crippen molar-refractivity contribution in [3.05, 3.63) is 35.4 Å². The van der Waals surface area contributed by atoms with Crippen molar-refractivity contribution in [3.8, 4) is 0 Å². The number of rotatable bonds is 5. The van der Waals surface area contributed by atoms with Crippen LogP contribution in [-0.4, -0.2) is 29.1 Å². The van der Waals surface area contributed by atoms with Crippen LogP contribution in [0.1, 0.15) is 17.2 Å². The molecule has 15 heavy (non-hydrogen) atoms. The molecule has 0 aliphatic heterocycles. The summed E-state index contributed by atoms with van der Waals surface area (Å²) in [6.07, 6.45) is -1.67. The predicted molar refractivity (Wildman–Crippen MR) is 64.0 cm³/mol. The Hall–Kier alpha value is -0.550. The molecule has 84 valence electrons. The van der Waals surface area contributed by atoms with Crippen LogP contribution < -0.4 is 5.32 Å². The number of aliphatic hydroxyl groups is 2. The summed E-state index contributed by atoms with van der Waals surface area (Å²) in [5, 5.41) is 22.2. The van der Waals surface area contributed by atoms with Gasteiger partial charge in [0.05, 0.1) is 6.10 Å². The molecule has 3 N–H and O–H groups in total. The Bertz CT molecular complexity index is 289. The average molecular weight is 227 g/mol. The van der Waals surface area contributed by atoms with Gasteiger partial charge in [-0.2, -0.15) is 12.6 Å². The first kappa shape index (κ1) is 12.5. The predicted octanol–water partition coefficient (Wildman–Crippen LogP) is 0.730. The van der Waals surface area contributed by atoms with Gasteiger partial charge in [-0.15, -0.1) is 0 Å². The second-order valence-electron chi connectivity index (χ2n) is 3.47. The summed E-state index contributed by atoms with van der Waals surface area (Å²) in [5.74, 6) is 0.249. The monoisotopic (exact) mass is 227 g/mol. The van der Waals surface area contributed by atoms with Crippen LogP contribution in [0.25, 0.3) is 0 Å². The summed E-state index contributed by atoms with van der Waals surface area (Å²) in [4.78, 5) is 0. The maximum Gasteiger partial charge on any atom is 0.106 e. The van der Waals surface area contributed by atoms with Gasteiger partial charge in [-0.3, -0.25) is 0 Å². The first-order valence-corrected chi connectivity index (χ1v) is 5.52. The highest BCUT2D eigenvalue weighted by molar-refractivity contribution is 7.80. The molecular formula is C11H17NO2S. The molecule has 0 aromatic heterocycles. The van der Waals surface area contributed by atoms with Crippen LogP contribution in [-0.2, 0) is 6.54 Å². The van der Waals surface area contributed by atoms with E-state index in [2.05, 4.69) is 17.9 Å². The second-order valence-corrected chi connectivity index (χ2v) is 3.83. The van der Waals surface area contributed by atoms with E-state index in [1.165, 1.54) is 0 Å². The third kappa shape index (κ3) is 3.50. The SMILES string of the molecule is CNCc1ccc(C(O)C(O)CS)cc1. The molecule has 1 aromatic rings. The molecule has 0 aliphatic carbocycles. The van der Waals surface area contributed by atoms with Crippen molar-refractivity contribution in [1.82, 2.24) is 5.32 Å². The summed E-state index contributed by atoms with van der Waals surface area (Å²) in [6, 6.07) is 7.51. The molecule has 0 saturated carbocycles. The van der Waals surface area contributed by atoms with E-state index in [9.17, 15) is 10.2 Å². The quantitative estimate of drug-likeness (QED) is 0.561. The molecule has 0 amide bonds. The topological polar surface area (TPSA) is 52.5 Å². The van der Waals surface area contributed by atoms with Crippen molar-refractivity contribution in [3.63, 3.8) is 0 Å². The molecular weight excluding hydrogens is 210 g/mol. The number of thiol groups is 1. The second kappa shape index (κ2) is 6.12.